The lowest BCUT2D eigenvalue weighted by Crippen LogP contribution is -1.89. The normalized spacial score (nSPS) is 14.6. The predicted octanol–water partition coefficient (Wildman–Crippen LogP) is 2.99. The van der Waals surface area contributed by atoms with Crippen LogP contribution in [0.1, 0.15) is 5.56 Å². The zero-order chi connectivity index (χ0) is 9.97. The van der Waals surface area contributed by atoms with Crippen molar-refractivity contribution < 1.29 is 5.11 Å². The van der Waals surface area contributed by atoms with Gasteiger partial charge in [0, 0.05) is 0 Å². The van der Waals surface area contributed by atoms with Crippen LogP contribution in [0.15, 0.2) is 60.2 Å². The van der Waals surface area contributed by atoms with Gasteiger partial charge in [-0.05, 0) is 35.3 Å². The fourth-order valence-electron chi connectivity index (χ4n) is 1.50. The van der Waals surface area contributed by atoms with Gasteiger partial charge in [-0.25, -0.2) is 0 Å². The number of allylic oxidation sites excluding steroid dienone is 5. The Morgan fingerprint density at radius 2 is 1.86 bits per heavy atom. The van der Waals surface area contributed by atoms with E-state index >= 15 is 0 Å². The monoisotopic (exact) mass is 184 g/mol. The van der Waals surface area contributed by atoms with E-state index in [-0.39, 0.29) is 0 Å². The molecule has 1 aliphatic rings. The van der Waals surface area contributed by atoms with Crippen LogP contribution in [0, 0.1) is 0 Å². The Morgan fingerprint density at radius 3 is 2.43 bits per heavy atom. The Labute approximate surface area is 83.7 Å². The molecule has 0 unspecified atom stereocenters. The minimum absolute atomic E-state index is 0.311. The topological polar surface area (TPSA) is 20.2 Å². The summed E-state index contributed by atoms with van der Waals surface area (Å²) in [6.45, 7) is 3.94. The number of phenolic OH excluding ortho intramolecular Hbond substituents is 1. The summed E-state index contributed by atoms with van der Waals surface area (Å²) in [7, 11) is 0. The van der Waals surface area contributed by atoms with Gasteiger partial charge in [0.05, 0.1) is 0 Å². The minimum atomic E-state index is 0.311. The highest BCUT2D eigenvalue weighted by Gasteiger charge is 2.04. The Morgan fingerprint density at radius 1 is 1.14 bits per heavy atom. The van der Waals surface area contributed by atoms with Gasteiger partial charge in [-0.2, -0.15) is 0 Å². The van der Waals surface area contributed by atoms with Crippen LogP contribution < -0.4 is 0 Å². The van der Waals surface area contributed by atoms with Crippen molar-refractivity contribution in [3.8, 4) is 5.75 Å². The molecule has 0 bridgehead atoms. The van der Waals surface area contributed by atoms with E-state index in [9.17, 15) is 0 Å². The molecule has 0 fully saturated rings. The van der Waals surface area contributed by atoms with Crippen LogP contribution in [-0.2, 0) is 6.42 Å². The molecule has 2 rings (SSSR count). The second kappa shape index (κ2) is 3.54. The maximum absolute atomic E-state index is 9.13. The maximum Gasteiger partial charge on any atom is 0.115 e. The molecule has 0 atom stereocenters. The van der Waals surface area contributed by atoms with Crippen LogP contribution in [0.3, 0.4) is 0 Å². The maximum atomic E-state index is 9.13. The van der Waals surface area contributed by atoms with Crippen molar-refractivity contribution in [2.24, 2.45) is 0 Å². The largest absolute Gasteiger partial charge is 0.508 e. The lowest BCUT2D eigenvalue weighted by atomic mass is 10.0. The van der Waals surface area contributed by atoms with E-state index in [4.69, 9.17) is 5.11 Å². The molecule has 0 spiro atoms. The van der Waals surface area contributed by atoms with Crippen LogP contribution in [0.2, 0.25) is 0 Å². The van der Waals surface area contributed by atoms with Crippen LogP contribution in [0.25, 0.3) is 0 Å². The Kier molecular flexibility index (Phi) is 2.23. The number of rotatable bonds is 2. The molecule has 0 aliphatic heterocycles. The molecule has 1 aromatic carbocycles. The zero-order valence-corrected chi connectivity index (χ0v) is 7.90. The van der Waals surface area contributed by atoms with Crippen molar-refractivity contribution in [2.45, 2.75) is 6.42 Å². The Hall–Kier alpha value is -1.76. The summed E-state index contributed by atoms with van der Waals surface area (Å²) in [5.41, 5.74) is 3.52. The number of aromatic hydroxyl groups is 1. The predicted molar refractivity (Wildman–Crippen MR) is 58.2 cm³/mol. The Balaban J connectivity index is 2.12. The lowest BCUT2D eigenvalue weighted by molar-refractivity contribution is 0.475. The SMILES string of the molecule is C=C1C=CC=C1Cc1ccc(O)cc1. The molecule has 1 aliphatic carbocycles. The first-order chi connectivity index (χ1) is 6.75. The van der Waals surface area contributed by atoms with Gasteiger partial charge in [0.2, 0.25) is 0 Å². The molecule has 1 heteroatoms. The molecule has 0 saturated carbocycles. The second-order valence-corrected chi connectivity index (χ2v) is 3.42. The first kappa shape index (κ1) is 8.82. The van der Waals surface area contributed by atoms with Gasteiger partial charge in [-0.15, -0.1) is 0 Å². The number of phenols is 1. The van der Waals surface area contributed by atoms with Gasteiger partial charge < -0.3 is 5.11 Å². The molecule has 1 nitrogen and oxygen atoms in total. The molecule has 14 heavy (non-hydrogen) atoms. The van der Waals surface area contributed by atoms with Gasteiger partial charge in [0.25, 0.3) is 0 Å². The van der Waals surface area contributed by atoms with E-state index in [1.807, 2.05) is 24.3 Å². The van der Waals surface area contributed by atoms with Crippen LogP contribution >= 0.6 is 0 Å². The molecule has 0 radical (unpaired) electrons. The molecule has 1 N–H and O–H groups in total. The third-order valence-corrected chi connectivity index (χ3v) is 2.34. The Bertz CT molecular complexity index is 407. The summed E-state index contributed by atoms with van der Waals surface area (Å²) in [5.74, 6) is 0.311. The summed E-state index contributed by atoms with van der Waals surface area (Å²) in [6.07, 6.45) is 6.98. The van der Waals surface area contributed by atoms with Crippen molar-refractivity contribution in [1.82, 2.24) is 0 Å². The van der Waals surface area contributed by atoms with E-state index < -0.39 is 0 Å². The second-order valence-electron chi connectivity index (χ2n) is 3.42. The third kappa shape index (κ3) is 1.77. The number of hydrogen-bond donors (Lipinski definition) is 1. The van der Waals surface area contributed by atoms with Crippen molar-refractivity contribution >= 4 is 0 Å². The summed E-state index contributed by atoms with van der Waals surface area (Å²) >= 11 is 0. The van der Waals surface area contributed by atoms with E-state index in [2.05, 4.69) is 12.7 Å². The van der Waals surface area contributed by atoms with Crippen molar-refractivity contribution in [3.05, 3.63) is 65.8 Å². The lowest BCUT2D eigenvalue weighted by Gasteiger charge is -2.03. The average molecular weight is 184 g/mol. The summed E-state index contributed by atoms with van der Waals surface area (Å²) in [4.78, 5) is 0. The first-order valence-electron chi connectivity index (χ1n) is 4.60. The molecule has 0 heterocycles. The van der Waals surface area contributed by atoms with Gasteiger partial charge in [0.15, 0.2) is 0 Å². The summed E-state index contributed by atoms with van der Waals surface area (Å²) in [5, 5.41) is 9.13. The van der Waals surface area contributed by atoms with E-state index in [0.717, 1.165) is 12.0 Å². The molecule has 0 saturated heterocycles. The molecule has 0 amide bonds. The molecule has 0 aromatic heterocycles. The van der Waals surface area contributed by atoms with Crippen LogP contribution in [0.5, 0.6) is 5.75 Å². The molecule has 1 aromatic rings. The van der Waals surface area contributed by atoms with Crippen molar-refractivity contribution in [1.29, 1.82) is 0 Å². The first-order valence-corrected chi connectivity index (χ1v) is 4.60. The van der Waals surface area contributed by atoms with Gasteiger partial charge in [-0.3, -0.25) is 0 Å². The fraction of sp³-hybridized carbons (Fsp3) is 0.0769. The van der Waals surface area contributed by atoms with E-state index in [1.165, 1.54) is 11.1 Å². The highest BCUT2D eigenvalue weighted by molar-refractivity contribution is 5.48. The minimum Gasteiger partial charge on any atom is -0.508 e. The molecule has 70 valence electrons. The highest BCUT2D eigenvalue weighted by atomic mass is 16.3. The smallest absolute Gasteiger partial charge is 0.115 e. The van der Waals surface area contributed by atoms with Crippen LogP contribution in [-0.4, -0.2) is 5.11 Å². The molecular formula is C13H12O. The standard InChI is InChI=1S/C13H12O/c1-10-3-2-4-12(10)9-11-5-7-13(14)8-6-11/h2-8,14H,1,9H2. The van der Waals surface area contributed by atoms with Crippen molar-refractivity contribution in [2.75, 3.05) is 0 Å². The molecular weight excluding hydrogens is 172 g/mol. The fourth-order valence-corrected chi connectivity index (χ4v) is 1.50. The number of benzene rings is 1. The number of hydrogen-bond acceptors (Lipinski definition) is 1. The zero-order valence-electron chi connectivity index (χ0n) is 7.90. The summed E-state index contributed by atoms with van der Waals surface area (Å²) in [6, 6.07) is 7.28. The highest BCUT2D eigenvalue weighted by Crippen LogP contribution is 2.21. The average Bonchev–Trinajstić information content (AvgIpc) is 2.56. The summed E-state index contributed by atoms with van der Waals surface area (Å²) < 4.78 is 0. The van der Waals surface area contributed by atoms with E-state index in [1.54, 1.807) is 12.1 Å². The van der Waals surface area contributed by atoms with Crippen molar-refractivity contribution in [3.63, 3.8) is 0 Å². The van der Waals surface area contributed by atoms with Gasteiger partial charge in [0.1, 0.15) is 5.75 Å². The third-order valence-electron chi connectivity index (χ3n) is 2.34. The quantitative estimate of drug-likeness (QED) is 0.749. The van der Waals surface area contributed by atoms with Crippen LogP contribution in [0.4, 0.5) is 0 Å². The van der Waals surface area contributed by atoms with Gasteiger partial charge >= 0.3 is 0 Å². The van der Waals surface area contributed by atoms with E-state index in [0.29, 0.717) is 5.75 Å². The van der Waals surface area contributed by atoms with Gasteiger partial charge in [-0.1, -0.05) is 36.9 Å².